The third kappa shape index (κ3) is 3.85. The summed E-state index contributed by atoms with van der Waals surface area (Å²) in [6.07, 6.45) is 0.957. The number of esters is 1. The fourth-order valence-corrected chi connectivity index (χ4v) is 4.05. The summed E-state index contributed by atoms with van der Waals surface area (Å²) < 4.78 is 10.7. The van der Waals surface area contributed by atoms with E-state index in [1.54, 1.807) is 23.5 Å². The van der Waals surface area contributed by atoms with Crippen LogP contribution in [0.25, 0.3) is 10.8 Å². The minimum absolute atomic E-state index is 0.0803. The highest BCUT2D eigenvalue weighted by atomic mass is 32.1. The van der Waals surface area contributed by atoms with Crippen LogP contribution in [-0.2, 0) is 17.8 Å². The molecule has 3 rings (SSSR count). The molecule has 0 radical (unpaired) electrons. The van der Waals surface area contributed by atoms with Crippen molar-refractivity contribution in [3.8, 4) is 10.8 Å². The average Bonchev–Trinajstić information content (AvgIpc) is 3.31. The van der Waals surface area contributed by atoms with Gasteiger partial charge in [-0.05, 0) is 44.0 Å². The van der Waals surface area contributed by atoms with Crippen molar-refractivity contribution in [2.24, 2.45) is 0 Å². The van der Waals surface area contributed by atoms with E-state index in [0.717, 1.165) is 22.6 Å². The lowest BCUT2D eigenvalue weighted by Gasteiger charge is -1.98. The number of hydrogen-bond acceptors (Lipinski definition) is 8. The van der Waals surface area contributed by atoms with E-state index in [1.165, 1.54) is 17.4 Å². The Labute approximate surface area is 152 Å². The van der Waals surface area contributed by atoms with Gasteiger partial charge in [0.05, 0.1) is 9.75 Å². The lowest BCUT2D eigenvalue weighted by atomic mass is 10.2. The molecule has 130 valence electrons. The third-order valence-electron chi connectivity index (χ3n) is 3.50. The fraction of sp³-hybridized carbons (Fsp3) is 0.294. The first-order valence-electron chi connectivity index (χ1n) is 7.68. The minimum atomic E-state index is -0.516. The van der Waals surface area contributed by atoms with Crippen molar-refractivity contribution in [2.75, 3.05) is 0 Å². The number of nitrogens with zero attached hydrogens (tertiary/aromatic N) is 2. The highest BCUT2D eigenvalue weighted by Crippen LogP contribution is 2.30. The van der Waals surface area contributed by atoms with Crippen LogP contribution in [0.3, 0.4) is 0 Å². The molecular weight excluding hydrogens is 360 g/mol. The van der Waals surface area contributed by atoms with E-state index in [2.05, 4.69) is 17.1 Å². The number of ether oxygens (including phenoxy) is 1. The van der Waals surface area contributed by atoms with E-state index in [1.807, 2.05) is 13.0 Å². The normalized spacial score (nSPS) is 10.8. The molecule has 0 fully saturated rings. The Morgan fingerprint density at radius 1 is 1.20 bits per heavy atom. The molecule has 0 saturated carbocycles. The highest BCUT2D eigenvalue weighted by molar-refractivity contribution is 7.16. The molecule has 0 aliphatic carbocycles. The van der Waals surface area contributed by atoms with E-state index < -0.39 is 5.97 Å². The molecule has 0 amide bonds. The summed E-state index contributed by atoms with van der Waals surface area (Å²) in [6.45, 7) is 5.50. The number of carbonyl (C=O) groups excluding carboxylic acids is 2. The van der Waals surface area contributed by atoms with Gasteiger partial charge >= 0.3 is 5.97 Å². The number of ketones is 1. The molecule has 3 heterocycles. The smallest absolute Gasteiger partial charge is 0.348 e. The summed E-state index contributed by atoms with van der Waals surface area (Å²) in [5, 5.41) is 7.93. The SMILES string of the molecule is CCc1sc(-c2nnc(COC(=O)c3ccc(C(C)=O)s3)o2)cc1C. The van der Waals surface area contributed by atoms with Crippen LogP contribution in [0.15, 0.2) is 22.6 Å². The van der Waals surface area contributed by atoms with Gasteiger partial charge in [0.2, 0.25) is 0 Å². The van der Waals surface area contributed by atoms with Crippen LogP contribution in [0.1, 0.15) is 49.5 Å². The topological polar surface area (TPSA) is 82.3 Å². The van der Waals surface area contributed by atoms with Crippen LogP contribution in [0.2, 0.25) is 0 Å². The van der Waals surface area contributed by atoms with Crippen molar-refractivity contribution in [1.29, 1.82) is 0 Å². The second-order valence-electron chi connectivity index (χ2n) is 5.37. The number of rotatable bonds is 6. The zero-order valence-corrected chi connectivity index (χ0v) is 15.6. The Bertz CT molecular complexity index is 923. The maximum absolute atomic E-state index is 12.0. The van der Waals surface area contributed by atoms with Gasteiger partial charge in [-0.25, -0.2) is 4.79 Å². The van der Waals surface area contributed by atoms with Gasteiger partial charge in [-0.15, -0.1) is 32.9 Å². The molecule has 25 heavy (non-hydrogen) atoms. The number of hydrogen-bond donors (Lipinski definition) is 0. The van der Waals surface area contributed by atoms with E-state index in [9.17, 15) is 9.59 Å². The molecule has 0 saturated heterocycles. The maximum atomic E-state index is 12.0. The molecule has 3 aromatic rings. The standard InChI is InChI=1S/C17H16N2O4S2/c1-4-11-9(2)7-14(24-11)16-19-18-15(23-16)8-22-17(21)13-6-5-12(25-13)10(3)20/h5-7H,4,8H2,1-3H3. The Morgan fingerprint density at radius 2 is 1.96 bits per heavy atom. The van der Waals surface area contributed by atoms with E-state index in [4.69, 9.17) is 9.15 Å². The van der Waals surface area contributed by atoms with Crippen LogP contribution in [-0.4, -0.2) is 21.9 Å². The van der Waals surface area contributed by atoms with Gasteiger partial charge in [-0.1, -0.05) is 6.92 Å². The second kappa shape index (κ2) is 7.28. The third-order valence-corrected chi connectivity index (χ3v) is 6.04. The summed E-state index contributed by atoms with van der Waals surface area (Å²) in [6, 6.07) is 5.20. The van der Waals surface area contributed by atoms with Gasteiger partial charge in [0.15, 0.2) is 12.4 Å². The van der Waals surface area contributed by atoms with Crippen molar-refractivity contribution in [3.63, 3.8) is 0 Å². The zero-order chi connectivity index (χ0) is 18.0. The highest BCUT2D eigenvalue weighted by Gasteiger charge is 2.16. The van der Waals surface area contributed by atoms with Gasteiger partial charge < -0.3 is 9.15 Å². The quantitative estimate of drug-likeness (QED) is 0.471. The second-order valence-corrected chi connectivity index (χ2v) is 7.59. The molecule has 0 spiro atoms. The van der Waals surface area contributed by atoms with Crippen molar-refractivity contribution in [2.45, 2.75) is 33.8 Å². The van der Waals surface area contributed by atoms with Crippen LogP contribution in [0.5, 0.6) is 0 Å². The average molecular weight is 376 g/mol. The molecule has 0 N–H and O–H groups in total. The van der Waals surface area contributed by atoms with Crippen LogP contribution in [0, 0.1) is 6.92 Å². The van der Waals surface area contributed by atoms with Gasteiger partial charge in [0.1, 0.15) is 4.88 Å². The van der Waals surface area contributed by atoms with Gasteiger partial charge in [0, 0.05) is 4.88 Å². The van der Waals surface area contributed by atoms with Crippen molar-refractivity contribution in [3.05, 3.63) is 44.3 Å². The number of carbonyl (C=O) groups is 2. The van der Waals surface area contributed by atoms with Gasteiger partial charge in [-0.3, -0.25) is 4.79 Å². The maximum Gasteiger partial charge on any atom is 0.348 e. The Morgan fingerprint density at radius 3 is 2.60 bits per heavy atom. The first-order valence-corrected chi connectivity index (χ1v) is 9.31. The Balaban J connectivity index is 1.64. The molecule has 0 atom stereocenters. The van der Waals surface area contributed by atoms with E-state index in [0.29, 0.717) is 15.6 Å². The number of thiophene rings is 2. The molecule has 8 heteroatoms. The number of aryl methyl sites for hydroxylation is 2. The molecule has 6 nitrogen and oxygen atoms in total. The van der Waals surface area contributed by atoms with Crippen LogP contribution < -0.4 is 0 Å². The summed E-state index contributed by atoms with van der Waals surface area (Å²) >= 11 is 2.72. The van der Waals surface area contributed by atoms with E-state index >= 15 is 0 Å². The van der Waals surface area contributed by atoms with Crippen molar-refractivity contribution >= 4 is 34.4 Å². The van der Waals surface area contributed by atoms with Crippen molar-refractivity contribution < 1.29 is 18.7 Å². The number of aromatic nitrogens is 2. The fourth-order valence-electron chi connectivity index (χ4n) is 2.22. The van der Waals surface area contributed by atoms with E-state index in [-0.39, 0.29) is 18.3 Å². The summed E-state index contributed by atoms with van der Waals surface area (Å²) in [5.41, 5.74) is 1.20. The molecule has 0 aliphatic rings. The molecule has 3 aromatic heterocycles. The van der Waals surface area contributed by atoms with Gasteiger partial charge in [-0.2, -0.15) is 0 Å². The zero-order valence-electron chi connectivity index (χ0n) is 14.0. The monoisotopic (exact) mass is 376 g/mol. The first kappa shape index (κ1) is 17.5. The minimum Gasteiger partial charge on any atom is -0.451 e. The molecular formula is C17H16N2O4S2. The molecule has 0 bridgehead atoms. The van der Waals surface area contributed by atoms with Crippen molar-refractivity contribution in [1.82, 2.24) is 10.2 Å². The molecule has 0 unspecified atom stereocenters. The predicted molar refractivity (Wildman–Crippen MR) is 95.2 cm³/mol. The largest absolute Gasteiger partial charge is 0.451 e. The number of Topliss-reactive ketones (excluding diaryl/α,β-unsaturated/α-hetero) is 1. The molecule has 0 aromatic carbocycles. The first-order chi connectivity index (χ1) is 12.0. The summed E-state index contributed by atoms with van der Waals surface area (Å²) in [5.74, 6) is 0.0606. The lowest BCUT2D eigenvalue weighted by Crippen LogP contribution is -2.03. The van der Waals surface area contributed by atoms with Gasteiger partial charge in [0.25, 0.3) is 11.8 Å². The van der Waals surface area contributed by atoms with Crippen LogP contribution >= 0.6 is 22.7 Å². The Hall–Kier alpha value is -2.32. The summed E-state index contributed by atoms with van der Waals surface area (Å²) in [4.78, 5) is 26.3. The Kier molecular flexibility index (Phi) is 5.10. The molecule has 0 aliphatic heterocycles. The predicted octanol–water partition coefficient (Wildman–Crippen LogP) is 4.29. The summed E-state index contributed by atoms with van der Waals surface area (Å²) in [7, 11) is 0. The lowest BCUT2D eigenvalue weighted by molar-refractivity contribution is 0.0444. The van der Waals surface area contributed by atoms with Crippen LogP contribution in [0.4, 0.5) is 0 Å².